The lowest BCUT2D eigenvalue weighted by atomic mass is 10.0. The van der Waals surface area contributed by atoms with E-state index in [9.17, 15) is 0 Å². The van der Waals surface area contributed by atoms with Crippen LogP contribution in [-0.4, -0.2) is 0 Å². The summed E-state index contributed by atoms with van der Waals surface area (Å²) in [5, 5.41) is 18.2. The third-order valence-corrected chi connectivity index (χ3v) is 2.57. The standard InChI is InChI=1S/C14H7ClN2/c15-14-6-11(9-17)5-13(7-14)12-3-1-2-10(4-12)8-16/h1-7H. The van der Waals surface area contributed by atoms with E-state index >= 15 is 0 Å². The zero-order chi connectivity index (χ0) is 12.3. The predicted octanol–water partition coefficient (Wildman–Crippen LogP) is 3.75. The van der Waals surface area contributed by atoms with Crippen molar-refractivity contribution in [3.63, 3.8) is 0 Å². The van der Waals surface area contributed by atoms with Crippen molar-refractivity contribution in [1.82, 2.24) is 0 Å². The topological polar surface area (TPSA) is 47.6 Å². The average molecular weight is 239 g/mol. The third kappa shape index (κ3) is 2.45. The van der Waals surface area contributed by atoms with Gasteiger partial charge in [0.05, 0.1) is 23.3 Å². The molecule has 0 saturated carbocycles. The molecule has 0 aliphatic carbocycles. The summed E-state index contributed by atoms with van der Waals surface area (Å²) in [6.45, 7) is 0. The smallest absolute Gasteiger partial charge is 0.0992 e. The molecule has 0 radical (unpaired) electrons. The molecule has 0 saturated heterocycles. The van der Waals surface area contributed by atoms with Crippen molar-refractivity contribution in [1.29, 1.82) is 10.5 Å². The van der Waals surface area contributed by atoms with Crippen LogP contribution in [0.25, 0.3) is 11.1 Å². The van der Waals surface area contributed by atoms with E-state index in [1.165, 1.54) is 0 Å². The Morgan fingerprint density at radius 2 is 1.53 bits per heavy atom. The van der Waals surface area contributed by atoms with Crippen LogP contribution in [0.15, 0.2) is 42.5 Å². The molecule has 0 aliphatic rings. The summed E-state index contributed by atoms with van der Waals surface area (Å²) < 4.78 is 0. The number of rotatable bonds is 1. The summed E-state index contributed by atoms with van der Waals surface area (Å²) in [6.07, 6.45) is 0. The van der Waals surface area contributed by atoms with Gasteiger partial charge in [0.25, 0.3) is 0 Å². The Morgan fingerprint density at radius 3 is 2.24 bits per heavy atom. The van der Waals surface area contributed by atoms with Gasteiger partial charge in [0.1, 0.15) is 0 Å². The highest BCUT2D eigenvalue weighted by Crippen LogP contribution is 2.25. The van der Waals surface area contributed by atoms with E-state index in [2.05, 4.69) is 12.1 Å². The Balaban J connectivity index is 2.57. The fourth-order valence-corrected chi connectivity index (χ4v) is 1.82. The quantitative estimate of drug-likeness (QED) is 0.760. The van der Waals surface area contributed by atoms with Crippen molar-refractivity contribution in [2.45, 2.75) is 0 Å². The molecule has 2 aromatic carbocycles. The van der Waals surface area contributed by atoms with Crippen LogP contribution < -0.4 is 0 Å². The van der Waals surface area contributed by atoms with E-state index in [1.807, 2.05) is 6.07 Å². The van der Waals surface area contributed by atoms with Gasteiger partial charge in [-0.15, -0.1) is 0 Å². The lowest BCUT2D eigenvalue weighted by molar-refractivity contribution is 1.47. The second-order valence-electron chi connectivity index (χ2n) is 3.53. The Labute approximate surface area is 104 Å². The summed E-state index contributed by atoms with van der Waals surface area (Å²) in [5.74, 6) is 0. The minimum Gasteiger partial charge on any atom is -0.192 e. The lowest BCUT2D eigenvalue weighted by Gasteiger charge is -2.03. The maximum Gasteiger partial charge on any atom is 0.0992 e. The molecule has 0 bridgehead atoms. The molecule has 0 amide bonds. The van der Waals surface area contributed by atoms with Crippen LogP contribution in [0.1, 0.15) is 11.1 Å². The van der Waals surface area contributed by atoms with Crippen molar-refractivity contribution in [2.24, 2.45) is 0 Å². The number of halogens is 1. The van der Waals surface area contributed by atoms with Gasteiger partial charge in [-0.05, 0) is 41.5 Å². The normalized spacial score (nSPS) is 9.35. The van der Waals surface area contributed by atoms with E-state index in [0.717, 1.165) is 11.1 Å². The van der Waals surface area contributed by atoms with Gasteiger partial charge in [-0.1, -0.05) is 23.7 Å². The van der Waals surface area contributed by atoms with E-state index in [4.69, 9.17) is 22.1 Å². The Kier molecular flexibility index (Phi) is 3.10. The molecule has 2 rings (SSSR count). The van der Waals surface area contributed by atoms with Gasteiger partial charge < -0.3 is 0 Å². The van der Waals surface area contributed by atoms with Crippen molar-refractivity contribution in [3.8, 4) is 23.3 Å². The highest BCUT2D eigenvalue weighted by molar-refractivity contribution is 6.31. The molecular weight excluding hydrogens is 232 g/mol. The minimum absolute atomic E-state index is 0.509. The van der Waals surface area contributed by atoms with Crippen molar-refractivity contribution in [2.75, 3.05) is 0 Å². The fourth-order valence-electron chi connectivity index (χ4n) is 1.59. The first kappa shape index (κ1) is 11.2. The van der Waals surface area contributed by atoms with Crippen LogP contribution >= 0.6 is 11.6 Å². The summed E-state index contributed by atoms with van der Waals surface area (Å²) in [5.41, 5.74) is 2.81. The second kappa shape index (κ2) is 4.70. The highest BCUT2D eigenvalue weighted by atomic mass is 35.5. The van der Waals surface area contributed by atoms with Crippen LogP contribution in [0.4, 0.5) is 0 Å². The minimum atomic E-state index is 0.509. The maximum atomic E-state index is 8.87. The van der Waals surface area contributed by atoms with Crippen molar-refractivity contribution in [3.05, 3.63) is 58.6 Å². The first-order chi connectivity index (χ1) is 8.22. The van der Waals surface area contributed by atoms with Crippen molar-refractivity contribution >= 4 is 11.6 Å². The van der Waals surface area contributed by atoms with Crippen LogP contribution in [0.2, 0.25) is 5.02 Å². The zero-order valence-corrected chi connectivity index (χ0v) is 9.57. The molecule has 17 heavy (non-hydrogen) atoms. The van der Waals surface area contributed by atoms with E-state index in [-0.39, 0.29) is 0 Å². The molecule has 2 nitrogen and oxygen atoms in total. The molecule has 0 unspecified atom stereocenters. The monoisotopic (exact) mass is 238 g/mol. The molecule has 0 aromatic heterocycles. The van der Waals surface area contributed by atoms with Gasteiger partial charge in [0.15, 0.2) is 0 Å². The van der Waals surface area contributed by atoms with Crippen LogP contribution in [0, 0.1) is 22.7 Å². The molecular formula is C14H7ClN2. The fraction of sp³-hybridized carbons (Fsp3) is 0. The SMILES string of the molecule is N#Cc1cccc(-c2cc(Cl)cc(C#N)c2)c1. The first-order valence-corrected chi connectivity index (χ1v) is 5.32. The summed E-state index contributed by atoms with van der Waals surface area (Å²) in [7, 11) is 0. The number of benzene rings is 2. The van der Waals surface area contributed by atoms with Crippen molar-refractivity contribution < 1.29 is 0 Å². The summed E-state index contributed by atoms with van der Waals surface area (Å²) >= 11 is 5.94. The molecule has 0 heterocycles. The van der Waals surface area contributed by atoms with Gasteiger partial charge in [0, 0.05) is 5.02 Å². The van der Waals surface area contributed by atoms with Gasteiger partial charge in [-0.2, -0.15) is 10.5 Å². The van der Waals surface area contributed by atoms with Gasteiger partial charge in [-0.25, -0.2) is 0 Å². The largest absolute Gasteiger partial charge is 0.192 e. The molecule has 80 valence electrons. The van der Waals surface area contributed by atoms with E-state index in [1.54, 1.807) is 36.4 Å². The number of nitrogens with zero attached hydrogens (tertiary/aromatic N) is 2. The lowest BCUT2D eigenvalue weighted by Crippen LogP contribution is -1.82. The Morgan fingerprint density at radius 1 is 0.824 bits per heavy atom. The van der Waals surface area contributed by atoms with Crippen LogP contribution in [-0.2, 0) is 0 Å². The first-order valence-electron chi connectivity index (χ1n) is 4.94. The number of hydrogen-bond donors (Lipinski definition) is 0. The predicted molar refractivity (Wildman–Crippen MR) is 66.3 cm³/mol. The zero-order valence-electron chi connectivity index (χ0n) is 8.81. The Hall–Kier alpha value is -2.29. The third-order valence-electron chi connectivity index (χ3n) is 2.35. The summed E-state index contributed by atoms with van der Waals surface area (Å²) in [4.78, 5) is 0. The molecule has 0 fully saturated rings. The van der Waals surface area contributed by atoms with Gasteiger partial charge in [-0.3, -0.25) is 0 Å². The summed E-state index contributed by atoms with van der Waals surface area (Å²) in [6, 6.07) is 16.5. The molecule has 0 N–H and O–H groups in total. The van der Waals surface area contributed by atoms with E-state index < -0.39 is 0 Å². The molecule has 3 heteroatoms. The maximum absolute atomic E-state index is 8.87. The van der Waals surface area contributed by atoms with Gasteiger partial charge >= 0.3 is 0 Å². The average Bonchev–Trinajstić information content (AvgIpc) is 2.38. The van der Waals surface area contributed by atoms with Crippen LogP contribution in [0.3, 0.4) is 0 Å². The molecule has 0 spiro atoms. The number of hydrogen-bond acceptors (Lipinski definition) is 2. The van der Waals surface area contributed by atoms with Gasteiger partial charge in [0.2, 0.25) is 0 Å². The second-order valence-corrected chi connectivity index (χ2v) is 3.97. The highest BCUT2D eigenvalue weighted by Gasteiger charge is 2.03. The number of nitriles is 2. The molecule has 0 aliphatic heterocycles. The molecule has 0 atom stereocenters. The Bertz CT molecular complexity index is 648. The molecule has 2 aromatic rings. The van der Waals surface area contributed by atoms with Crippen LogP contribution in [0.5, 0.6) is 0 Å². The van der Waals surface area contributed by atoms with E-state index in [0.29, 0.717) is 16.1 Å².